The minimum absolute atomic E-state index is 0.490. The Morgan fingerprint density at radius 2 is 1.65 bits per heavy atom. The van der Waals surface area contributed by atoms with Gasteiger partial charge >= 0.3 is 0 Å². The van der Waals surface area contributed by atoms with Crippen LogP contribution in [0.2, 0.25) is 5.02 Å². The Kier molecular flexibility index (Phi) is 7.23. The van der Waals surface area contributed by atoms with Gasteiger partial charge in [-0.2, -0.15) is 0 Å². The van der Waals surface area contributed by atoms with Crippen molar-refractivity contribution >= 4 is 18.1 Å². The smallest absolute Gasteiger partial charge is 0.293 e. The highest BCUT2D eigenvalue weighted by atomic mass is 35.5. The molecule has 0 aliphatic carbocycles. The minimum atomic E-state index is 0.490. The van der Waals surface area contributed by atoms with Gasteiger partial charge in [0.05, 0.1) is 13.2 Å². The normalized spacial score (nSPS) is 9.94. The van der Waals surface area contributed by atoms with Crippen molar-refractivity contribution in [2.75, 3.05) is 13.2 Å². The maximum atomic E-state index is 9.87. The van der Waals surface area contributed by atoms with E-state index >= 15 is 0 Å². The van der Waals surface area contributed by atoms with Crippen LogP contribution in [0.5, 0.6) is 5.75 Å². The van der Waals surface area contributed by atoms with Crippen LogP contribution in [0.4, 0.5) is 0 Å². The molecule has 0 amide bonds. The number of unbranched alkanes of at least 4 members (excludes halogenated alkanes) is 3. The van der Waals surface area contributed by atoms with Crippen LogP contribution in [0.25, 0.3) is 0 Å². The van der Waals surface area contributed by atoms with E-state index in [0.29, 0.717) is 24.7 Å². The summed E-state index contributed by atoms with van der Waals surface area (Å²) in [6.45, 7) is 1.71. The van der Waals surface area contributed by atoms with Crippen LogP contribution in [-0.2, 0) is 9.53 Å². The summed E-state index contributed by atoms with van der Waals surface area (Å²) in [5, 5.41) is 0.715. The summed E-state index contributed by atoms with van der Waals surface area (Å²) in [5.41, 5.74) is 0. The molecule has 1 aromatic rings. The van der Waals surface area contributed by atoms with Gasteiger partial charge in [0, 0.05) is 5.02 Å². The Balaban J connectivity index is 1.97. The topological polar surface area (TPSA) is 35.5 Å². The second-order valence-corrected chi connectivity index (χ2v) is 4.12. The standard InChI is InChI=1S/C13H17ClO3/c14-12-5-7-13(8-6-12)17-10-4-2-1-3-9-16-11-15/h5-8,11H,1-4,9-10H2. The molecule has 0 saturated heterocycles. The summed E-state index contributed by atoms with van der Waals surface area (Å²) in [7, 11) is 0. The summed E-state index contributed by atoms with van der Waals surface area (Å²) in [6, 6.07) is 7.35. The van der Waals surface area contributed by atoms with Crippen molar-refractivity contribution in [3.8, 4) is 5.75 Å². The molecule has 1 rings (SSSR count). The van der Waals surface area contributed by atoms with Gasteiger partial charge < -0.3 is 9.47 Å². The van der Waals surface area contributed by atoms with Gasteiger partial charge in [0.15, 0.2) is 0 Å². The average molecular weight is 257 g/mol. The third kappa shape index (κ3) is 6.84. The first-order chi connectivity index (χ1) is 8.33. The molecule has 17 heavy (non-hydrogen) atoms. The zero-order valence-electron chi connectivity index (χ0n) is 9.73. The Morgan fingerprint density at radius 3 is 2.29 bits per heavy atom. The molecule has 0 aliphatic heterocycles. The second-order valence-electron chi connectivity index (χ2n) is 3.68. The number of carbonyl (C=O) groups excluding carboxylic acids is 1. The molecule has 0 aliphatic rings. The van der Waals surface area contributed by atoms with Crippen LogP contribution < -0.4 is 4.74 Å². The molecule has 0 fully saturated rings. The van der Waals surface area contributed by atoms with Crippen molar-refractivity contribution in [2.45, 2.75) is 25.7 Å². The van der Waals surface area contributed by atoms with E-state index < -0.39 is 0 Å². The lowest BCUT2D eigenvalue weighted by atomic mass is 10.2. The molecule has 0 N–H and O–H groups in total. The lowest BCUT2D eigenvalue weighted by Gasteiger charge is -2.05. The largest absolute Gasteiger partial charge is 0.494 e. The van der Waals surface area contributed by atoms with Crippen LogP contribution >= 0.6 is 11.6 Å². The molecule has 0 radical (unpaired) electrons. The highest BCUT2D eigenvalue weighted by Gasteiger charge is 1.94. The minimum Gasteiger partial charge on any atom is -0.494 e. The third-order valence-electron chi connectivity index (χ3n) is 2.31. The van der Waals surface area contributed by atoms with Crippen LogP contribution in [0.3, 0.4) is 0 Å². The quantitative estimate of drug-likeness (QED) is 0.501. The summed E-state index contributed by atoms with van der Waals surface area (Å²) in [6.07, 6.45) is 4.05. The molecule has 3 nitrogen and oxygen atoms in total. The highest BCUT2D eigenvalue weighted by Crippen LogP contribution is 2.15. The van der Waals surface area contributed by atoms with Gasteiger partial charge in [0.25, 0.3) is 6.47 Å². The molecular formula is C13H17ClO3. The van der Waals surface area contributed by atoms with E-state index in [2.05, 4.69) is 4.74 Å². The molecule has 0 aromatic heterocycles. The maximum absolute atomic E-state index is 9.87. The number of hydrogen-bond donors (Lipinski definition) is 0. The molecule has 0 heterocycles. The predicted octanol–water partition coefficient (Wildman–Crippen LogP) is 3.45. The maximum Gasteiger partial charge on any atom is 0.293 e. The van der Waals surface area contributed by atoms with Gasteiger partial charge in [-0.1, -0.05) is 11.6 Å². The number of halogens is 1. The molecule has 0 saturated carbocycles. The molecule has 0 atom stereocenters. The van der Waals surface area contributed by atoms with Gasteiger partial charge in [0.1, 0.15) is 5.75 Å². The third-order valence-corrected chi connectivity index (χ3v) is 2.56. The Bertz CT molecular complexity index is 311. The fourth-order valence-electron chi connectivity index (χ4n) is 1.41. The van der Waals surface area contributed by atoms with Crippen molar-refractivity contribution in [1.82, 2.24) is 0 Å². The van der Waals surface area contributed by atoms with E-state index in [-0.39, 0.29) is 0 Å². The van der Waals surface area contributed by atoms with Crippen LogP contribution in [0.15, 0.2) is 24.3 Å². The highest BCUT2D eigenvalue weighted by molar-refractivity contribution is 6.30. The molecule has 0 bridgehead atoms. The van der Waals surface area contributed by atoms with E-state index in [1.165, 1.54) is 0 Å². The van der Waals surface area contributed by atoms with Crippen molar-refractivity contribution in [3.63, 3.8) is 0 Å². The SMILES string of the molecule is O=COCCCCCCOc1ccc(Cl)cc1. The number of rotatable bonds is 9. The van der Waals surface area contributed by atoms with Crippen LogP contribution in [-0.4, -0.2) is 19.7 Å². The van der Waals surface area contributed by atoms with Gasteiger partial charge in [-0.25, -0.2) is 0 Å². The van der Waals surface area contributed by atoms with Crippen LogP contribution in [0.1, 0.15) is 25.7 Å². The zero-order chi connectivity index (χ0) is 12.3. The number of carbonyl (C=O) groups is 1. The fourth-order valence-corrected chi connectivity index (χ4v) is 1.54. The van der Waals surface area contributed by atoms with Crippen molar-refractivity contribution < 1.29 is 14.3 Å². The Morgan fingerprint density at radius 1 is 1.00 bits per heavy atom. The van der Waals surface area contributed by atoms with Gasteiger partial charge in [-0.05, 0) is 49.9 Å². The van der Waals surface area contributed by atoms with Crippen molar-refractivity contribution in [2.24, 2.45) is 0 Å². The van der Waals surface area contributed by atoms with Crippen LogP contribution in [0, 0.1) is 0 Å². The van der Waals surface area contributed by atoms with E-state index in [9.17, 15) is 4.79 Å². The average Bonchev–Trinajstić information content (AvgIpc) is 2.35. The molecular weight excluding hydrogens is 240 g/mol. The van der Waals surface area contributed by atoms with Gasteiger partial charge in [-0.15, -0.1) is 0 Å². The molecule has 0 spiro atoms. The van der Waals surface area contributed by atoms with E-state index in [4.69, 9.17) is 16.3 Å². The van der Waals surface area contributed by atoms with Gasteiger partial charge in [0.2, 0.25) is 0 Å². The van der Waals surface area contributed by atoms with Crippen molar-refractivity contribution in [3.05, 3.63) is 29.3 Å². The number of benzene rings is 1. The predicted molar refractivity (Wildman–Crippen MR) is 67.4 cm³/mol. The first-order valence-electron chi connectivity index (χ1n) is 5.76. The molecule has 94 valence electrons. The summed E-state index contributed by atoms with van der Waals surface area (Å²) in [5.74, 6) is 0.846. The lowest BCUT2D eigenvalue weighted by molar-refractivity contribution is -0.128. The Hall–Kier alpha value is -1.22. The number of hydrogen-bond acceptors (Lipinski definition) is 3. The molecule has 0 unspecified atom stereocenters. The lowest BCUT2D eigenvalue weighted by Crippen LogP contribution is -1.98. The zero-order valence-corrected chi connectivity index (χ0v) is 10.5. The fraction of sp³-hybridized carbons (Fsp3) is 0.462. The number of ether oxygens (including phenoxy) is 2. The first-order valence-corrected chi connectivity index (χ1v) is 6.14. The monoisotopic (exact) mass is 256 g/mol. The molecule has 1 aromatic carbocycles. The van der Waals surface area contributed by atoms with E-state index in [1.807, 2.05) is 24.3 Å². The summed E-state index contributed by atoms with van der Waals surface area (Å²) < 4.78 is 10.1. The van der Waals surface area contributed by atoms with E-state index in [1.54, 1.807) is 0 Å². The first kappa shape index (κ1) is 13.8. The van der Waals surface area contributed by atoms with Crippen molar-refractivity contribution in [1.29, 1.82) is 0 Å². The summed E-state index contributed by atoms with van der Waals surface area (Å²) >= 11 is 5.76. The summed E-state index contributed by atoms with van der Waals surface area (Å²) in [4.78, 5) is 9.87. The second kappa shape index (κ2) is 8.88. The molecule has 4 heteroatoms. The van der Waals surface area contributed by atoms with E-state index in [0.717, 1.165) is 31.4 Å². The Labute approximate surface area is 107 Å². The van der Waals surface area contributed by atoms with Gasteiger partial charge in [-0.3, -0.25) is 4.79 Å².